The Balaban J connectivity index is 0.00000320. The molecule has 3 rings (SSSR count). The maximum absolute atomic E-state index is 6.19. The van der Waals surface area contributed by atoms with Gasteiger partial charge in [-0.2, -0.15) is 5.10 Å². The summed E-state index contributed by atoms with van der Waals surface area (Å²) in [5.41, 5.74) is 3.28. The molecular formula is C22H27ClIN5O. The summed E-state index contributed by atoms with van der Waals surface area (Å²) >= 11 is 6.19. The largest absolute Gasteiger partial charge is 0.487 e. The molecule has 8 heteroatoms. The van der Waals surface area contributed by atoms with Gasteiger partial charge >= 0.3 is 0 Å². The van der Waals surface area contributed by atoms with E-state index in [4.69, 9.17) is 21.3 Å². The van der Waals surface area contributed by atoms with Crippen LogP contribution < -0.4 is 15.4 Å². The normalized spacial score (nSPS) is 11.0. The van der Waals surface area contributed by atoms with Crippen molar-refractivity contribution in [3.05, 3.63) is 82.6 Å². The Bertz CT molecular complexity index is 960. The summed E-state index contributed by atoms with van der Waals surface area (Å²) in [7, 11) is 1.93. The van der Waals surface area contributed by atoms with E-state index in [0.717, 1.165) is 29.3 Å². The first-order valence-corrected chi connectivity index (χ1v) is 9.98. The molecule has 0 aliphatic carbocycles. The maximum atomic E-state index is 6.19. The van der Waals surface area contributed by atoms with Gasteiger partial charge in [0.2, 0.25) is 0 Å². The van der Waals surface area contributed by atoms with Crippen LogP contribution in [0.25, 0.3) is 0 Å². The van der Waals surface area contributed by atoms with Gasteiger partial charge in [-0.3, -0.25) is 4.68 Å². The lowest BCUT2D eigenvalue weighted by Gasteiger charge is -2.13. The Morgan fingerprint density at radius 3 is 2.50 bits per heavy atom. The first-order valence-electron chi connectivity index (χ1n) is 9.60. The molecule has 2 aromatic carbocycles. The number of benzene rings is 2. The van der Waals surface area contributed by atoms with Gasteiger partial charge in [0.05, 0.1) is 23.8 Å². The van der Waals surface area contributed by atoms with Gasteiger partial charge < -0.3 is 15.4 Å². The van der Waals surface area contributed by atoms with Crippen LogP contribution in [0.2, 0.25) is 5.02 Å². The summed E-state index contributed by atoms with van der Waals surface area (Å²) < 4.78 is 7.75. The second kappa shape index (κ2) is 12.4. The van der Waals surface area contributed by atoms with Gasteiger partial charge in [0.1, 0.15) is 12.4 Å². The minimum atomic E-state index is 0. The third-order valence-corrected chi connectivity index (χ3v) is 4.76. The van der Waals surface area contributed by atoms with Crippen LogP contribution in [0, 0.1) is 0 Å². The fraction of sp³-hybridized carbons (Fsp3) is 0.273. The molecule has 160 valence electrons. The number of rotatable bonds is 8. The van der Waals surface area contributed by atoms with Crippen molar-refractivity contribution in [3.63, 3.8) is 0 Å². The predicted octanol–water partition coefficient (Wildman–Crippen LogP) is 4.53. The third-order valence-electron chi connectivity index (χ3n) is 4.45. The van der Waals surface area contributed by atoms with Gasteiger partial charge in [-0.05, 0) is 36.2 Å². The molecule has 1 heterocycles. The van der Waals surface area contributed by atoms with Crippen molar-refractivity contribution < 1.29 is 4.74 Å². The smallest absolute Gasteiger partial charge is 0.191 e. The number of nitrogens with zero attached hydrogens (tertiary/aromatic N) is 3. The molecule has 0 fully saturated rings. The van der Waals surface area contributed by atoms with E-state index in [-0.39, 0.29) is 24.0 Å². The number of hydrogen-bond acceptors (Lipinski definition) is 3. The molecule has 0 bridgehead atoms. The van der Waals surface area contributed by atoms with Crippen LogP contribution in [-0.4, -0.2) is 22.3 Å². The quantitative estimate of drug-likeness (QED) is 0.251. The lowest BCUT2D eigenvalue weighted by molar-refractivity contribution is 0.305. The Kier molecular flexibility index (Phi) is 9.96. The van der Waals surface area contributed by atoms with E-state index in [9.17, 15) is 0 Å². The van der Waals surface area contributed by atoms with Crippen LogP contribution in [0.1, 0.15) is 23.7 Å². The van der Waals surface area contributed by atoms with Gasteiger partial charge in [-0.15, -0.1) is 24.0 Å². The molecule has 0 saturated heterocycles. The third kappa shape index (κ3) is 6.91. The molecule has 0 spiro atoms. The van der Waals surface area contributed by atoms with Crippen molar-refractivity contribution in [1.82, 2.24) is 20.4 Å². The van der Waals surface area contributed by atoms with E-state index in [1.807, 2.05) is 61.1 Å². The average molecular weight is 540 g/mol. The van der Waals surface area contributed by atoms with E-state index in [0.29, 0.717) is 30.5 Å². The number of nitrogens with one attached hydrogen (secondary N) is 2. The molecule has 0 radical (unpaired) electrons. The van der Waals surface area contributed by atoms with Gasteiger partial charge in [-0.1, -0.05) is 48.0 Å². The van der Waals surface area contributed by atoms with Crippen LogP contribution in [0.15, 0.2) is 65.8 Å². The van der Waals surface area contributed by atoms with Gasteiger partial charge in [0.15, 0.2) is 5.96 Å². The van der Waals surface area contributed by atoms with Crippen LogP contribution in [0.3, 0.4) is 0 Å². The molecule has 0 saturated carbocycles. The Hall–Kier alpha value is -2.26. The highest BCUT2D eigenvalue weighted by Gasteiger charge is 2.06. The minimum Gasteiger partial charge on any atom is -0.487 e. The zero-order valence-electron chi connectivity index (χ0n) is 17.1. The molecule has 0 aliphatic heterocycles. The van der Waals surface area contributed by atoms with E-state index in [1.54, 1.807) is 6.20 Å². The fourth-order valence-corrected chi connectivity index (χ4v) is 3.02. The molecule has 0 amide bonds. The van der Waals surface area contributed by atoms with Gasteiger partial charge in [-0.25, -0.2) is 4.99 Å². The van der Waals surface area contributed by atoms with Crippen molar-refractivity contribution in [2.75, 3.05) is 6.54 Å². The van der Waals surface area contributed by atoms with E-state index in [2.05, 4.69) is 27.9 Å². The SMILES string of the molecule is CCNC(=NCc1ccccc1COc1ccccc1Cl)NCc1ccnn1C.I. The lowest BCUT2D eigenvalue weighted by atomic mass is 10.1. The molecule has 2 N–H and O–H groups in total. The number of aliphatic imine (C=N–C) groups is 1. The highest BCUT2D eigenvalue weighted by molar-refractivity contribution is 14.0. The van der Waals surface area contributed by atoms with E-state index < -0.39 is 0 Å². The van der Waals surface area contributed by atoms with Crippen molar-refractivity contribution in [1.29, 1.82) is 0 Å². The average Bonchev–Trinajstić information content (AvgIpc) is 3.15. The fourth-order valence-electron chi connectivity index (χ4n) is 2.82. The molecule has 0 atom stereocenters. The molecule has 30 heavy (non-hydrogen) atoms. The van der Waals surface area contributed by atoms with Crippen LogP contribution in [0.5, 0.6) is 5.75 Å². The monoisotopic (exact) mass is 539 g/mol. The summed E-state index contributed by atoms with van der Waals surface area (Å²) in [6, 6.07) is 17.6. The molecule has 6 nitrogen and oxygen atoms in total. The Morgan fingerprint density at radius 2 is 1.80 bits per heavy atom. The minimum absolute atomic E-state index is 0. The number of aromatic nitrogens is 2. The molecule has 3 aromatic rings. The Labute approximate surface area is 199 Å². The zero-order chi connectivity index (χ0) is 20.5. The van der Waals surface area contributed by atoms with Gasteiger partial charge in [0.25, 0.3) is 0 Å². The number of aryl methyl sites for hydroxylation is 1. The summed E-state index contributed by atoms with van der Waals surface area (Å²) in [6.45, 7) is 4.47. The second-order valence-electron chi connectivity index (χ2n) is 6.48. The topological polar surface area (TPSA) is 63.5 Å². The number of hydrogen-bond donors (Lipinski definition) is 2. The predicted molar refractivity (Wildman–Crippen MR) is 133 cm³/mol. The first kappa shape index (κ1) is 24.0. The van der Waals surface area contributed by atoms with Crippen LogP contribution in [0.4, 0.5) is 0 Å². The zero-order valence-corrected chi connectivity index (χ0v) is 20.2. The van der Waals surface area contributed by atoms with Crippen molar-refractivity contribution in [2.45, 2.75) is 26.6 Å². The molecular weight excluding hydrogens is 513 g/mol. The molecule has 0 aliphatic rings. The lowest BCUT2D eigenvalue weighted by Crippen LogP contribution is -2.37. The van der Waals surface area contributed by atoms with Crippen LogP contribution in [-0.2, 0) is 26.7 Å². The highest BCUT2D eigenvalue weighted by Crippen LogP contribution is 2.24. The first-order chi connectivity index (χ1) is 14.2. The van der Waals surface area contributed by atoms with E-state index >= 15 is 0 Å². The molecule has 0 unspecified atom stereocenters. The number of para-hydroxylation sites is 1. The summed E-state index contributed by atoms with van der Waals surface area (Å²) in [6.07, 6.45) is 1.79. The number of ether oxygens (including phenoxy) is 1. The molecule has 1 aromatic heterocycles. The van der Waals surface area contributed by atoms with Crippen molar-refractivity contribution in [2.24, 2.45) is 12.0 Å². The van der Waals surface area contributed by atoms with Crippen molar-refractivity contribution >= 4 is 41.5 Å². The summed E-state index contributed by atoms with van der Waals surface area (Å²) in [4.78, 5) is 4.73. The second-order valence-corrected chi connectivity index (χ2v) is 6.89. The standard InChI is InChI=1S/C22H26ClN5O.HI/c1-3-24-22(26-15-19-12-13-27-28(19)2)25-14-17-8-4-5-9-18(17)16-29-21-11-7-6-10-20(21)23;/h4-13H,3,14-16H2,1-2H3,(H2,24,25,26);1H. The number of halogens is 2. The van der Waals surface area contributed by atoms with Gasteiger partial charge in [0, 0.05) is 19.8 Å². The number of guanidine groups is 1. The van der Waals surface area contributed by atoms with Crippen molar-refractivity contribution in [3.8, 4) is 5.75 Å². The van der Waals surface area contributed by atoms with E-state index in [1.165, 1.54) is 0 Å². The summed E-state index contributed by atoms with van der Waals surface area (Å²) in [5, 5.41) is 11.4. The summed E-state index contributed by atoms with van der Waals surface area (Å²) in [5.74, 6) is 1.44. The maximum Gasteiger partial charge on any atom is 0.191 e. The Morgan fingerprint density at radius 1 is 1.07 bits per heavy atom. The highest BCUT2D eigenvalue weighted by atomic mass is 127. The van der Waals surface area contributed by atoms with Crippen LogP contribution >= 0.6 is 35.6 Å².